The molecule has 2 aliphatic rings. The first-order valence-electron chi connectivity index (χ1n) is 18.8. The predicted molar refractivity (Wildman–Crippen MR) is 248 cm³/mol. The lowest BCUT2D eigenvalue weighted by atomic mass is 10.0. The van der Waals surface area contributed by atoms with Crippen LogP contribution in [-0.4, -0.2) is 73.2 Å². The summed E-state index contributed by atoms with van der Waals surface area (Å²) in [5.41, 5.74) is 2.66. The second-order valence-corrected chi connectivity index (χ2v) is 20.2. The molecule has 4 aromatic carbocycles. The Morgan fingerprint density at radius 3 is 0.812 bits per heavy atom. The molecule has 0 saturated heterocycles. The molecule has 7 aromatic rings. The quantitative estimate of drug-likeness (QED) is 0.0634. The largest absolute Gasteiger partial charge is 0.354 e. The van der Waals surface area contributed by atoms with Crippen LogP contribution in [0.3, 0.4) is 0 Å². The summed E-state index contributed by atoms with van der Waals surface area (Å²) in [7, 11) is -18.5. The van der Waals surface area contributed by atoms with E-state index in [0.717, 1.165) is 0 Å². The molecule has 0 atom stereocenters. The van der Waals surface area contributed by atoms with Gasteiger partial charge in [0, 0.05) is 66.6 Å². The molecular weight excluding hydrogens is 905 g/mol. The lowest BCUT2D eigenvalue weighted by Gasteiger charge is -2.23. The van der Waals surface area contributed by atoms with Crippen molar-refractivity contribution in [1.82, 2.24) is 19.9 Å². The van der Waals surface area contributed by atoms with Gasteiger partial charge in [-0.2, -0.15) is 16.8 Å². The third-order valence-electron chi connectivity index (χ3n) is 10.5. The molecule has 20 heteroatoms. The second kappa shape index (κ2) is 15.8. The fourth-order valence-electron chi connectivity index (χ4n) is 7.96. The SMILES string of the molecule is O=S(=O)(O)c1ccccc1-c1c2nc(c(-c3ccccc3S(O)(O)O)c3ccc([nH]3)c(-c3ccccc3S(O)(O)O)c3nc(c(-c4ccccc4S(=O)(=O)O)c4ccc1[nH]4)C=C3)C=C2. The zero-order valence-corrected chi connectivity index (χ0v) is 35.9. The van der Waals surface area contributed by atoms with Gasteiger partial charge in [-0.05, 0) is 72.8 Å². The Kier molecular flexibility index (Phi) is 10.6. The maximum absolute atomic E-state index is 12.9. The molecule has 326 valence electrons. The first kappa shape index (κ1) is 43.0. The van der Waals surface area contributed by atoms with Crippen LogP contribution in [0.4, 0.5) is 0 Å². The molecule has 3 aromatic heterocycles. The average Bonchev–Trinajstić information content (AvgIpc) is 4.08. The summed E-state index contributed by atoms with van der Waals surface area (Å²) in [5, 5.41) is 0. The topological polar surface area (TPSA) is 287 Å². The van der Waals surface area contributed by atoms with E-state index >= 15 is 0 Å². The number of rotatable bonds is 8. The van der Waals surface area contributed by atoms with E-state index in [1.165, 1.54) is 72.8 Å². The number of benzene rings is 4. The van der Waals surface area contributed by atoms with Gasteiger partial charge < -0.3 is 37.3 Å². The summed E-state index contributed by atoms with van der Waals surface area (Å²) in [5.74, 6) is 0. The van der Waals surface area contributed by atoms with Crippen LogP contribution in [0.25, 0.3) is 90.9 Å². The minimum Gasteiger partial charge on any atom is -0.354 e. The van der Waals surface area contributed by atoms with Crippen molar-refractivity contribution in [1.29, 1.82) is 0 Å². The van der Waals surface area contributed by atoms with Crippen LogP contribution >= 0.6 is 21.7 Å². The van der Waals surface area contributed by atoms with Gasteiger partial charge in [0.15, 0.2) is 0 Å². The monoisotopic (exact) mass is 938 g/mol. The molecule has 5 heterocycles. The number of aromatic nitrogens is 4. The zero-order chi connectivity index (χ0) is 45.3. The minimum absolute atomic E-state index is 0.0131. The average molecular weight is 939 g/mol. The van der Waals surface area contributed by atoms with E-state index in [4.69, 9.17) is 9.97 Å². The highest BCUT2D eigenvalue weighted by Crippen LogP contribution is 2.52. The van der Waals surface area contributed by atoms with Crippen molar-refractivity contribution in [3.05, 3.63) is 144 Å². The highest BCUT2D eigenvalue weighted by Gasteiger charge is 2.28. The first-order chi connectivity index (χ1) is 30.3. The summed E-state index contributed by atoms with van der Waals surface area (Å²) in [4.78, 5) is 15.1. The highest BCUT2D eigenvalue weighted by atomic mass is 32.3. The van der Waals surface area contributed by atoms with Crippen molar-refractivity contribution in [2.45, 2.75) is 19.6 Å². The molecule has 9 rings (SSSR count). The van der Waals surface area contributed by atoms with Gasteiger partial charge in [0.25, 0.3) is 20.2 Å². The third-order valence-corrected chi connectivity index (χ3v) is 14.2. The van der Waals surface area contributed by atoms with Crippen LogP contribution in [0.15, 0.2) is 141 Å². The molecule has 0 radical (unpaired) electrons. The van der Waals surface area contributed by atoms with Crippen molar-refractivity contribution < 1.29 is 53.3 Å². The molecule has 64 heavy (non-hydrogen) atoms. The molecule has 0 amide bonds. The zero-order valence-electron chi connectivity index (χ0n) is 32.6. The Balaban J connectivity index is 1.55. The van der Waals surface area contributed by atoms with E-state index in [-0.39, 0.29) is 99.1 Å². The maximum Gasteiger partial charge on any atom is 0.295 e. The Bertz CT molecular complexity index is 3320. The van der Waals surface area contributed by atoms with E-state index in [1.807, 2.05) is 0 Å². The molecule has 0 unspecified atom stereocenters. The van der Waals surface area contributed by atoms with Crippen LogP contribution in [0.1, 0.15) is 22.8 Å². The van der Waals surface area contributed by atoms with E-state index in [0.29, 0.717) is 0 Å². The number of nitrogens with one attached hydrogen (secondary N) is 2. The summed E-state index contributed by atoms with van der Waals surface area (Å²) >= 11 is 0. The van der Waals surface area contributed by atoms with Crippen LogP contribution in [-0.2, 0) is 20.2 Å². The van der Waals surface area contributed by atoms with E-state index in [1.54, 1.807) is 72.8 Å². The first-order valence-corrected chi connectivity index (χ1v) is 24.7. The summed E-state index contributed by atoms with van der Waals surface area (Å²) in [6.07, 6.45) is 6.29. The normalized spacial score (nSPS) is 13.6. The van der Waals surface area contributed by atoms with Crippen molar-refractivity contribution in [3.63, 3.8) is 0 Å². The van der Waals surface area contributed by atoms with Crippen LogP contribution < -0.4 is 0 Å². The molecule has 0 spiro atoms. The second-order valence-electron chi connectivity index (χ2n) is 14.5. The maximum atomic E-state index is 12.9. The predicted octanol–water partition coefficient (Wildman–Crippen LogP) is 11.0. The van der Waals surface area contributed by atoms with Crippen molar-refractivity contribution in [3.8, 4) is 44.5 Å². The van der Waals surface area contributed by atoms with Crippen molar-refractivity contribution >= 4 is 88.3 Å². The van der Waals surface area contributed by atoms with Crippen LogP contribution in [0, 0.1) is 0 Å². The summed E-state index contributed by atoms with van der Waals surface area (Å²) in [6.45, 7) is 0. The fraction of sp³-hybridized carbons (Fsp3) is 0. The Morgan fingerprint density at radius 1 is 0.328 bits per heavy atom. The smallest absolute Gasteiger partial charge is 0.295 e. The molecule has 10 N–H and O–H groups in total. The summed E-state index contributed by atoms with van der Waals surface area (Å²) < 4.78 is 137. The van der Waals surface area contributed by atoms with Crippen molar-refractivity contribution in [2.75, 3.05) is 0 Å². The van der Waals surface area contributed by atoms with Gasteiger partial charge in [-0.3, -0.25) is 9.11 Å². The molecule has 2 aliphatic heterocycles. The number of aromatic amines is 2. The number of hydrogen-bond acceptors (Lipinski definition) is 12. The van der Waals surface area contributed by atoms with Gasteiger partial charge in [-0.25, -0.2) is 9.97 Å². The number of nitrogens with zero attached hydrogens (tertiary/aromatic N) is 2. The van der Waals surface area contributed by atoms with Gasteiger partial charge in [0.2, 0.25) is 0 Å². The number of H-pyrrole nitrogens is 2. The van der Waals surface area contributed by atoms with Crippen LogP contribution in [0.5, 0.6) is 0 Å². The van der Waals surface area contributed by atoms with E-state index in [9.17, 15) is 53.3 Å². The molecule has 8 bridgehead atoms. The van der Waals surface area contributed by atoms with E-state index < -0.39 is 51.8 Å². The molecule has 16 nitrogen and oxygen atoms in total. The Labute approximate surface area is 367 Å². The molecule has 0 saturated carbocycles. The Hall–Kier alpha value is -6.24. The Morgan fingerprint density at radius 2 is 0.562 bits per heavy atom. The van der Waals surface area contributed by atoms with Gasteiger partial charge in [-0.15, -0.1) is 0 Å². The highest BCUT2D eigenvalue weighted by molar-refractivity contribution is 8.19. The van der Waals surface area contributed by atoms with Crippen LogP contribution in [0.2, 0.25) is 0 Å². The lowest BCUT2D eigenvalue weighted by molar-refractivity contribution is 0.374. The molecular formula is C44H34N4O12S4. The third kappa shape index (κ3) is 7.87. The molecule has 0 fully saturated rings. The summed E-state index contributed by atoms with van der Waals surface area (Å²) in [6, 6.07) is 29.6. The standard InChI is InChI=1S/C44H34N4O12S4/c49-61(50,51)37-13-5-1-9-25(37)41-29-17-19-31(45-29)42(26-10-2-6-14-38(26)62(52,53)54)33-21-23-35(47-33)44(28-12-4-8-16-40(28)64(58,59)60)36-24-22-34(48-36)43(32-20-18-30(41)46-32)27-11-3-7-15-39(27)63(55,56)57/h1-24,45,48-54H,(H,55,56,57)(H,58,59,60). The fourth-order valence-corrected chi connectivity index (χ4v) is 10.8. The van der Waals surface area contributed by atoms with Crippen molar-refractivity contribution in [2.24, 2.45) is 0 Å². The minimum atomic E-state index is -4.86. The molecule has 0 aliphatic carbocycles. The lowest BCUT2D eigenvalue weighted by Crippen LogP contribution is -2.02. The number of hydrogen-bond donors (Lipinski definition) is 10. The van der Waals surface area contributed by atoms with Gasteiger partial charge in [0.05, 0.1) is 32.6 Å². The van der Waals surface area contributed by atoms with Gasteiger partial charge in [0.1, 0.15) is 31.5 Å². The van der Waals surface area contributed by atoms with E-state index in [2.05, 4.69) is 9.97 Å². The van der Waals surface area contributed by atoms with Gasteiger partial charge in [-0.1, -0.05) is 72.8 Å². The van der Waals surface area contributed by atoms with Gasteiger partial charge >= 0.3 is 0 Å². The number of fused-ring (bicyclic) bond motifs is 8.